The van der Waals surface area contributed by atoms with E-state index in [2.05, 4.69) is 17.2 Å². The Balaban J connectivity index is 0.000000271. The van der Waals surface area contributed by atoms with Gasteiger partial charge in [-0.3, -0.25) is 29.1 Å². The largest absolute Gasteiger partial charge is 0.481 e. The summed E-state index contributed by atoms with van der Waals surface area (Å²) in [5.74, 6) is -1.04. The van der Waals surface area contributed by atoms with Crippen molar-refractivity contribution in [1.82, 2.24) is 14.9 Å². The Morgan fingerprint density at radius 2 is 1.71 bits per heavy atom. The zero-order chi connectivity index (χ0) is 25.8. The third-order valence-corrected chi connectivity index (χ3v) is 6.15. The molecule has 0 aliphatic carbocycles. The number of carboxylic acid groups (broad SMARTS) is 1. The van der Waals surface area contributed by atoms with E-state index in [0.29, 0.717) is 28.8 Å². The lowest BCUT2D eigenvalue weighted by molar-refractivity contribution is -0.137. The molecule has 1 saturated heterocycles. The molecule has 3 rings (SSSR count). The van der Waals surface area contributed by atoms with Crippen LogP contribution >= 0.6 is 0 Å². The topological polar surface area (TPSA) is 144 Å². The lowest BCUT2D eigenvalue weighted by Crippen LogP contribution is -2.45. The van der Waals surface area contributed by atoms with Gasteiger partial charge in [0.15, 0.2) is 0 Å². The summed E-state index contributed by atoms with van der Waals surface area (Å²) in [6.07, 6.45) is 12.0. The van der Waals surface area contributed by atoms with Crippen molar-refractivity contribution < 1.29 is 19.5 Å². The highest BCUT2D eigenvalue weighted by molar-refractivity contribution is 5.99. The van der Waals surface area contributed by atoms with Crippen molar-refractivity contribution in [3.63, 3.8) is 0 Å². The fraction of sp³-hybridized carbons (Fsp3) is 0.577. The van der Waals surface area contributed by atoms with Crippen LogP contribution in [0.2, 0.25) is 0 Å². The maximum Gasteiger partial charge on any atom is 0.303 e. The first-order chi connectivity index (χ1) is 16.8. The van der Waals surface area contributed by atoms with Crippen LogP contribution < -0.4 is 16.6 Å². The van der Waals surface area contributed by atoms with Crippen molar-refractivity contribution in [2.75, 3.05) is 5.73 Å². The number of carbonyl (C=O) groups excluding carboxylic acids is 2. The Kier molecular flexibility index (Phi) is 11.4. The number of amides is 2. The molecule has 0 bridgehead atoms. The molecule has 1 aromatic heterocycles. The first kappa shape index (κ1) is 28.0. The second kappa shape index (κ2) is 14.2. The third kappa shape index (κ3) is 8.49. The maximum absolute atomic E-state index is 12.7. The summed E-state index contributed by atoms with van der Waals surface area (Å²) in [6, 6.07) is 4.32. The molecule has 0 spiro atoms. The fourth-order valence-corrected chi connectivity index (χ4v) is 4.26. The van der Waals surface area contributed by atoms with Crippen LogP contribution in [0.4, 0.5) is 5.69 Å². The Bertz CT molecular complexity index is 1080. The van der Waals surface area contributed by atoms with Crippen LogP contribution in [0.5, 0.6) is 0 Å². The number of nitrogen functional groups attached to an aromatic ring is 1. The first-order valence-electron chi connectivity index (χ1n) is 12.6. The van der Waals surface area contributed by atoms with E-state index in [9.17, 15) is 19.2 Å². The molecule has 1 atom stereocenters. The van der Waals surface area contributed by atoms with Crippen molar-refractivity contribution in [3.8, 4) is 0 Å². The van der Waals surface area contributed by atoms with Gasteiger partial charge in [-0.25, -0.2) is 4.98 Å². The van der Waals surface area contributed by atoms with Crippen LogP contribution in [0.25, 0.3) is 10.9 Å². The number of aliphatic carboxylic acids is 1. The van der Waals surface area contributed by atoms with Gasteiger partial charge in [-0.1, -0.05) is 64.4 Å². The van der Waals surface area contributed by atoms with Gasteiger partial charge in [-0.05, 0) is 31.9 Å². The molecule has 1 aliphatic rings. The van der Waals surface area contributed by atoms with Gasteiger partial charge in [0.2, 0.25) is 11.8 Å². The van der Waals surface area contributed by atoms with Crippen molar-refractivity contribution >= 4 is 34.4 Å². The molecule has 9 nitrogen and oxygen atoms in total. The van der Waals surface area contributed by atoms with Gasteiger partial charge >= 0.3 is 5.97 Å². The molecular formula is C26H38N4O5. The second-order valence-corrected chi connectivity index (χ2v) is 9.01. The van der Waals surface area contributed by atoms with Crippen LogP contribution in [-0.2, 0) is 14.4 Å². The molecular weight excluding hydrogens is 448 g/mol. The lowest BCUT2D eigenvalue weighted by Gasteiger charge is -2.24. The quantitative estimate of drug-likeness (QED) is 0.244. The Hall–Kier alpha value is -3.23. The molecule has 192 valence electrons. The number of aromatic nitrogens is 2. The highest BCUT2D eigenvalue weighted by Crippen LogP contribution is 2.21. The number of benzene rings is 1. The number of hydrogen-bond donors (Lipinski definition) is 3. The fourth-order valence-electron chi connectivity index (χ4n) is 4.26. The minimum atomic E-state index is -0.730. The number of nitrogens with zero attached hydrogens (tertiary/aromatic N) is 2. The molecule has 1 aliphatic heterocycles. The van der Waals surface area contributed by atoms with Crippen molar-refractivity contribution in [1.29, 1.82) is 0 Å². The summed E-state index contributed by atoms with van der Waals surface area (Å²) < 4.78 is 1.32. The average molecular weight is 487 g/mol. The molecule has 0 saturated carbocycles. The van der Waals surface area contributed by atoms with E-state index in [-0.39, 0.29) is 24.3 Å². The highest BCUT2D eigenvalue weighted by Gasteiger charge is 2.30. The van der Waals surface area contributed by atoms with Gasteiger partial charge in [0.05, 0.1) is 10.9 Å². The van der Waals surface area contributed by atoms with E-state index in [1.54, 1.807) is 25.1 Å². The van der Waals surface area contributed by atoms with E-state index >= 15 is 0 Å². The van der Waals surface area contributed by atoms with Gasteiger partial charge in [-0.15, -0.1) is 0 Å². The minimum Gasteiger partial charge on any atom is -0.481 e. The summed E-state index contributed by atoms with van der Waals surface area (Å²) in [5.41, 5.74) is 6.32. The van der Waals surface area contributed by atoms with E-state index in [1.807, 2.05) is 0 Å². The summed E-state index contributed by atoms with van der Waals surface area (Å²) >= 11 is 0. The van der Waals surface area contributed by atoms with Crippen LogP contribution in [0.1, 0.15) is 95.8 Å². The molecule has 1 unspecified atom stereocenters. The van der Waals surface area contributed by atoms with Crippen LogP contribution in [0.15, 0.2) is 23.0 Å². The number of anilines is 1. The number of fused-ring (bicyclic) bond motifs is 1. The summed E-state index contributed by atoms with van der Waals surface area (Å²) in [7, 11) is 0. The number of imide groups is 1. The van der Waals surface area contributed by atoms with E-state index in [0.717, 1.165) is 12.8 Å². The normalized spacial score (nSPS) is 15.4. The van der Waals surface area contributed by atoms with Crippen LogP contribution in [0, 0.1) is 6.92 Å². The summed E-state index contributed by atoms with van der Waals surface area (Å²) in [4.78, 5) is 50.4. The lowest BCUT2D eigenvalue weighted by atomic mass is 10.1. The Morgan fingerprint density at radius 1 is 1.09 bits per heavy atom. The smallest absolute Gasteiger partial charge is 0.303 e. The Labute approximate surface area is 206 Å². The number of unbranched alkanes of at least 4 members (excludes halogenated alkanes) is 8. The third-order valence-electron chi connectivity index (χ3n) is 6.15. The van der Waals surface area contributed by atoms with Crippen LogP contribution in [0.3, 0.4) is 0 Å². The SMILES string of the molecule is CCCCCCCCCCCC(=O)O.Cc1nc2cccc(N)c2c(=O)n1C1CCC(=O)NC1=O. The predicted molar refractivity (Wildman–Crippen MR) is 136 cm³/mol. The summed E-state index contributed by atoms with van der Waals surface area (Å²) in [6.45, 7) is 3.89. The molecule has 2 amide bonds. The number of aryl methyl sites for hydroxylation is 1. The first-order valence-corrected chi connectivity index (χ1v) is 12.6. The molecule has 9 heteroatoms. The number of carboxylic acids is 1. The number of nitrogens with one attached hydrogen (secondary N) is 1. The number of carbonyl (C=O) groups is 3. The van der Waals surface area contributed by atoms with Gasteiger partial charge in [0, 0.05) is 18.5 Å². The van der Waals surface area contributed by atoms with E-state index < -0.39 is 17.9 Å². The number of nitrogens with two attached hydrogens (primary N) is 1. The predicted octanol–water partition coefficient (Wildman–Crippen LogP) is 4.26. The monoisotopic (exact) mass is 486 g/mol. The van der Waals surface area contributed by atoms with Gasteiger partial charge in [0.1, 0.15) is 11.9 Å². The number of rotatable bonds is 11. The molecule has 35 heavy (non-hydrogen) atoms. The number of hydrogen-bond acceptors (Lipinski definition) is 6. The highest BCUT2D eigenvalue weighted by atomic mass is 16.4. The number of piperidine rings is 1. The van der Waals surface area contributed by atoms with Crippen molar-refractivity contribution in [3.05, 3.63) is 34.4 Å². The molecule has 1 fully saturated rings. The standard InChI is InChI=1S/C14H14N4O3.C12H24O2/c1-7-16-9-4-2-3-8(15)12(9)14(21)18(7)10-5-6-11(19)17-13(10)20;1-2-3-4-5-6-7-8-9-10-11-12(13)14/h2-4,10H,5-6,15H2,1H3,(H,17,19,20);2-11H2,1H3,(H,13,14). The Morgan fingerprint density at radius 3 is 2.31 bits per heavy atom. The zero-order valence-electron chi connectivity index (χ0n) is 20.8. The van der Waals surface area contributed by atoms with E-state index in [1.165, 1.54) is 49.5 Å². The summed E-state index contributed by atoms with van der Waals surface area (Å²) in [5, 5.41) is 11.0. The van der Waals surface area contributed by atoms with Gasteiger partial charge in [0.25, 0.3) is 5.56 Å². The van der Waals surface area contributed by atoms with Crippen molar-refractivity contribution in [2.45, 2.75) is 96.9 Å². The molecule has 0 radical (unpaired) electrons. The maximum atomic E-state index is 12.7. The van der Waals surface area contributed by atoms with Gasteiger partial charge < -0.3 is 10.8 Å². The average Bonchev–Trinajstić information content (AvgIpc) is 2.79. The second-order valence-electron chi connectivity index (χ2n) is 9.01. The molecule has 1 aromatic carbocycles. The molecule has 2 heterocycles. The van der Waals surface area contributed by atoms with Gasteiger partial charge in [-0.2, -0.15) is 0 Å². The van der Waals surface area contributed by atoms with Crippen LogP contribution in [-0.4, -0.2) is 32.4 Å². The van der Waals surface area contributed by atoms with E-state index in [4.69, 9.17) is 10.8 Å². The molecule has 4 N–H and O–H groups in total. The molecule has 2 aromatic rings. The van der Waals surface area contributed by atoms with Crippen molar-refractivity contribution in [2.24, 2.45) is 0 Å². The minimum absolute atomic E-state index is 0.199. The zero-order valence-corrected chi connectivity index (χ0v) is 20.8.